The summed E-state index contributed by atoms with van der Waals surface area (Å²) >= 11 is 0. The van der Waals surface area contributed by atoms with Crippen molar-refractivity contribution in [1.29, 1.82) is 0 Å². The molecule has 2 N–H and O–H groups in total. The number of carbonyl (C=O) groups excluding carboxylic acids is 3. The lowest BCUT2D eigenvalue weighted by Crippen LogP contribution is -2.42. The van der Waals surface area contributed by atoms with Crippen molar-refractivity contribution >= 4 is 34.4 Å². The first-order chi connectivity index (χ1) is 14.4. The SMILES string of the molecule is COc1ccc(C2(C)NC(=O)N(CC(=O)Nc3cccc4cccnc34)C2=O)cc1. The molecule has 0 spiro atoms. The summed E-state index contributed by atoms with van der Waals surface area (Å²) in [5.41, 5.74) is 0.490. The maximum atomic E-state index is 13.0. The number of amides is 4. The number of para-hydroxylation sites is 1. The van der Waals surface area contributed by atoms with E-state index < -0.39 is 29.9 Å². The van der Waals surface area contributed by atoms with E-state index in [4.69, 9.17) is 4.74 Å². The lowest BCUT2D eigenvalue weighted by molar-refractivity contribution is -0.133. The maximum Gasteiger partial charge on any atom is 0.325 e. The Bertz CT molecular complexity index is 1140. The van der Waals surface area contributed by atoms with Gasteiger partial charge in [-0.25, -0.2) is 4.79 Å². The molecular weight excluding hydrogens is 384 g/mol. The number of aromatic nitrogens is 1. The highest BCUT2D eigenvalue weighted by molar-refractivity contribution is 6.11. The summed E-state index contributed by atoms with van der Waals surface area (Å²) in [6.45, 7) is 1.21. The van der Waals surface area contributed by atoms with E-state index in [1.54, 1.807) is 62.7 Å². The average Bonchev–Trinajstić information content (AvgIpc) is 2.98. The predicted molar refractivity (Wildman–Crippen MR) is 111 cm³/mol. The van der Waals surface area contributed by atoms with Gasteiger partial charge >= 0.3 is 6.03 Å². The highest BCUT2D eigenvalue weighted by atomic mass is 16.5. The van der Waals surface area contributed by atoms with Crippen LogP contribution in [0.4, 0.5) is 10.5 Å². The summed E-state index contributed by atoms with van der Waals surface area (Å²) in [4.78, 5) is 43.3. The number of benzene rings is 2. The van der Waals surface area contributed by atoms with Crippen molar-refractivity contribution in [2.75, 3.05) is 19.0 Å². The zero-order valence-corrected chi connectivity index (χ0v) is 16.5. The quantitative estimate of drug-likeness (QED) is 0.637. The smallest absolute Gasteiger partial charge is 0.325 e. The van der Waals surface area contributed by atoms with E-state index in [2.05, 4.69) is 15.6 Å². The Kier molecular flexibility index (Phi) is 4.83. The van der Waals surface area contributed by atoms with Crippen molar-refractivity contribution in [3.63, 3.8) is 0 Å². The first kappa shape index (κ1) is 19.4. The number of hydrogen-bond donors (Lipinski definition) is 2. The number of methoxy groups -OCH3 is 1. The number of ether oxygens (including phenoxy) is 1. The van der Waals surface area contributed by atoms with Gasteiger partial charge in [-0.2, -0.15) is 0 Å². The van der Waals surface area contributed by atoms with E-state index in [1.165, 1.54) is 0 Å². The molecule has 4 amide bonds. The van der Waals surface area contributed by atoms with E-state index in [0.29, 0.717) is 22.5 Å². The first-order valence-electron chi connectivity index (χ1n) is 9.34. The molecular formula is C22H20N4O4. The molecule has 30 heavy (non-hydrogen) atoms. The van der Waals surface area contributed by atoms with Gasteiger partial charge in [0.25, 0.3) is 5.91 Å². The summed E-state index contributed by atoms with van der Waals surface area (Å²) < 4.78 is 5.13. The van der Waals surface area contributed by atoms with E-state index in [-0.39, 0.29) is 0 Å². The number of rotatable bonds is 5. The second-order valence-corrected chi connectivity index (χ2v) is 7.10. The molecule has 0 saturated carbocycles. The van der Waals surface area contributed by atoms with Crippen LogP contribution in [0.2, 0.25) is 0 Å². The minimum Gasteiger partial charge on any atom is -0.497 e. The summed E-state index contributed by atoms with van der Waals surface area (Å²) in [6, 6.07) is 15.3. The van der Waals surface area contributed by atoms with Crippen molar-refractivity contribution in [2.24, 2.45) is 0 Å². The molecule has 1 atom stereocenters. The Morgan fingerprint density at radius 1 is 1.13 bits per heavy atom. The fraction of sp³-hybridized carbons (Fsp3) is 0.182. The second-order valence-electron chi connectivity index (χ2n) is 7.10. The van der Waals surface area contributed by atoms with Crippen LogP contribution in [0.5, 0.6) is 5.75 Å². The normalized spacial score (nSPS) is 18.4. The Hall–Kier alpha value is -3.94. The summed E-state index contributed by atoms with van der Waals surface area (Å²) in [6.07, 6.45) is 1.63. The molecule has 1 aliphatic heterocycles. The van der Waals surface area contributed by atoms with Gasteiger partial charge in [0.05, 0.1) is 18.3 Å². The van der Waals surface area contributed by atoms with Crippen LogP contribution in [0.3, 0.4) is 0 Å². The largest absolute Gasteiger partial charge is 0.497 e. The molecule has 1 fully saturated rings. The van der Waals surface area contributed by atoms with Crippen molar-refractivity contribution < 1.29 is 19.1 Å². The molecule has 2 aromatic carbocycles. The Balaban J connectivity index is 1.52. The van der Waals surface area contributed by atoms with E-state index in [1.807, 2.05) is 12.1 Å². The third kappa shape index (κ3) is 3.32. The molecule has 0 aliphatic carbocycles. The third-order valence-electron chi connectivity index (χ3n) is 5.15. The summed E-state index contributed by atoms with van der Waals surface area (Å²) in [5.74, 6) is -0.349. The summed E-state index contributed by atoms with van der Waals surface area (Å²) in [5, 5.41) is 6.30. The predicted octanol–water partition coefficient (Wildman–Crippen LogP) is 2.65. The number of nitrogens with one attached hydrogen (secondary N) is 2. The molecule has 4 rings (SSSR count). The van der Waals surface area contributed by atoms with Crippen LogP contribution < -0.4 is 15.4 Å². The topological polar surface area (TPSA) is 101 Å². The van der Waals surface area contributed by atoms with Crippen LogP contribution in [0.25, 0.3) is 10.9 Å². The Morgan fingerprint density at radius 3 is 2.60 bits per heavy atom. The fourth-order valence-electron chi connectivity index (χ4n) is 3.50. The Morgan fingerprint density at radius 2 is 1.87 bits per heavy atom. The number of anilines is 1. The number of urea groups is 1. The van der Waals surface area contributed by atoms with Crippen molar-refractivity contribution in [1.82, 2.24) is 15.2 Å². The number of pyridine rings is 1. The summed E-state index contributed by atoms with van der Waals surface area (Å²) in [7, 11) is 1.55. The van der Waals surface area contributed by atoms with Gasteiger partial charge in [0.2, 0.25) is 5.91 Å². The van der Waals surface area contributed by atoms with Gasteiger partial charge in [-0.3, -0.25) is 19.5 Å². The van der Waals surface area contributed by atoms with Crippen molar-refractivity contribution in [3.05, 3.63) is 66.4 Å². The van der Waals surface area contributed by atoms with Gasteiger partial charge in [-0.05, 0) is 36.8 Å². The van der Waals surface area contributed by atoms with Gasteiger partial charge < -0.3 is 15.4 Å². The minimum atomic E-state index is -1.26. The molecule has 8 heteroatoms. The monoisotopic (exact) mass is 404 g/mol. The van der Waals surface area contributed by atoms with E-state index in [0.717, 1.165) is 10.3 Å². The van der Waals surface area contributed by atoms with Gasteiger partial charge in [0, 0.05) is 11.6 Å². The molecule has 1 aromatic heterocycles. The lowest BCUT2D eigenvalue weighted by atomic mass is 9.92. The standard InChI is InChI=1S/C22H20N4O4/c1-22(15-8-10-16(30-2)11-9-15)20(28)26(21(29)25-22)13-18(27)24-17-7-3-5-14-6-4-12-23-19(14)17/h3-12H,13H2,1-2H3,(H,24,27)(H,25,29). The van der Waals surface area contributed by atoms with Crippen LogP contribution in [0, 0.1) is 0 Å². The number of fused-ring (bicyclic) bond motifs is 1. The first-order valence-corrected chi connectivity index (χ1v) is 9.34. The molecule has 152 valence electrons. The number of carbonyl (C=O) groups is 3. The molecule has 0 radical (unpaired) electrons. The van der Waals surface area contributed by atoms with Gasteiger partial charge in [-0.15, -0.1) is 0 Å². The highest BCUT2D eigenvalue weighted by Crippen LogP contribution is 2.30. The minimum absolute atomic E-state index is 0.403. The molecule has 8 nitrogen and oxygen atoms in total. The van der Waals surface area contributed by atoms with Crippen LogP contribution in [-0.4, -0.2) is 41.4 Å². The zero-order valence-electron chi connectivity index (χ0n) is 16.5. The third-order valence-corrected chi connectivity index (χ3v) is 5.15. The molecule has 1 unspecified atom stereocenters. The van der Waals surface area contributed by atoms with Gasteiger partial charge in [0.15, 0.2) is 0 Å². The molecule has 1 saturated heterocycles. The number of nitrogens with zero attached hydrogens (tertiary/aromatic N) is 2. The van der Waals surface area contributed by atoms with E-state index >= 15 is 0 Å². The zero-order chi connectivity index (χ0) is 21.3. The van der Waals surface area contributed by atoms with Crippen LogP contribution >= 0.6 is 0 Å². The number of imide groups is 1. The van der Waals surface area contributed by atoms with Gasteiger partial charge in [0.1, 0.15) is 17.8 Å². The van der Waals surface area contributed by atoms with Crippen LogP contribution in [0.15, 0.2) is 60.8 Å². The highest BCUT2D eigenvalue weighted by Gasteiger charge is 2.49. The van der Waals surface area contributed by atoms with Crippen molar-refractivity contribution in [3.8, 4) is 5.75 Å². The Labute approximate surface area is 172 Å². The molecule has 3 aromatic rings. The van der Waals surface area contributed by atoms with Crippen LogP contribution in [-0.2, 0) is 15.1 Å². The fourth-order valence-corrected chi connectivity index (χ4v) is 3.50. The molecule has 1 aliphatic rings. The molecule has 2 heterocycles. The van der Waals surface area contributed by atoms with Gasteiger partial charge in [-0.1, -0.05) is 30.3 Å². The maximum absolute atomic E-state index is 13.0. The van der Waals surface area contributed by atoms with Crippen molar-refractivity contribution in [2.45, 2.75) is 12.5 Å². The average molecular weight is 404 g/mol. The molecule has 0 bridgehead atoms. The van der Waals surface area contributed by atoms with Crippen LogP contribution in [0.1, 0.15) is 12.5 Å². The number of hydrogen-bond acceptors (Lipinski definition) is 5. The lowest BCUT2D eigenvalue weighted by Gasteiger charge is -2.22. The van der Waals surface area contributed by atoms with E-state index in [9.17, 15) is 14.4 Å². The second kappa shape index (κ2) is 7.47.